The highest BCUT2D eigenvalue weighted by molar-refractivity contribution is 7.89. The number of hydrogen-bond acceptors (Lipinski definition) is 5. The van der Waals surface area contributed by atoms with Gasteiger partial charge in [0.15, 0.2) is 0 Å². The zero-order chi connectivity index (χ0) is 15.6. The van der Waals surface area contributed by atoms with Crippen LogP contribution >= 0.6 is 0 Å². The van der Waals surface area contributed by atoms with E-state index in [1.165, 1.54) is 12.1 Å². The third-order valence-corrected chi connectivity index (χ3v) is 4.60. The molecule has 0 bridgehead atoms. The zero-order valence-electron chi connectivity index (χ0n) is 11.7. The normalized spacial score (nSPS) is 16.9. The van der Waals surface area contributed by atoms with E-state index in [4.69, 9.17) is 16.6 Å². The maximum atomic E-state index is 11.4. The summed E-state index contributed by atoms with van der Waals surface area (Å²) < 4.78 is 22.9. The Labute approximate surface area is 124 Å². The Morgan fingerprint density at radius 1 is 1.24 bits per heavy atom. The van der Waals surface area contributed by atoms with Gasteiger partial charge in [-0.3, -0.25) is 4.79 Å². The van der Waals surface area contributed by atoms with E-state index in [1.54, 1.807) is 6.07 Å². The molecule has 1 aliphatic heterocycles. The molecule has 8 heteroatoms. The number of primary amides is 1. The fraction of sp³-hybridized carbons (Fsp3) is 0.462. The van der Waals surface area contributed by atoms with Crippen LogP contribution in [-0.2, 0) is 14.8 Å². The predicted molar refractivity (Wildman–Crippen MR) is 81.0 cm³/mol. The van der Waals surface area contributed by atoms with Gasteiger partial charge in [0.05, 0.1) is 4.90 Å². The molecule has 1 aromatic carbocycles. The number of benzene rings is 1. The van der Waals surface area contributed by atoms with Gasteiger partial charge in [-0.1, -0.05) is 0 Å². The number of anilines is 2. The molecule has 7 nitrogen and oxygen atoms in total. The molecule has 1 aliphatic rings. The molecular formula is C13H20N4O3S. The summed E-state index contributed by atoms with van der Waals surface area (Å²) in [5.41, 5.74) is 12.0. The molecule has 21 heavy (non-hydrogen) atoms. The zero-order valence-corrected chi connectivity index (χ0v) is 12.5. The standard InChI is InChI=1S/C13H20N4O3S/c14-10-6-11(8-12(7-10)21(16,19)20)17-3-1-9(2-4-17)5-13(15)18/h6-9H,1-5,14H2,(H2,15,18)(H2,16,19,20). The fourth-order valence-corrected chi connectivity index (χ4v) is 3.22. The Kier molecular flexibility index (Phi) is 4.38. The first-order valence-corrected chi connectivity index (χ1v) is 8.27. The summed E-state index contributed by atoms with van der Waals surface area (Å²) >= 11 is 0. The first kappa shape index (κ1) is 15.6. The minimum absolute atomic E-state index is 0.0109. The lowest BCUT2D eigenvalue weighted by Gasteiger charge is -2.33. The highest BCUT2D eigenvalue weighted by Gasteiger charge is 2.22. The molecule has 0 atom stereocenters. The van der Waals surface area contributed by atoms with Crippen molar-refractivity contribution in [2.24, 2.45) is 16.8 Å². The third kappa shape index (κ3) is 4.08. The molecule has 0 unspecified atom stereocenters. The second-order valence-corrected chi connectivity index (χ2v) is 6.97. The lowest BCUT2D eigenvalue weighted by Crippen LogP contribution is -2.35. The average Bonchev–Trinajstić information content (AvgIpc) is 2.37. The Balaban J connectivity index is 2.14. The predicted octanol–water partition coefficient (Wildman–Crippen LogP) is 0.00800. The number of nitrogens with two attached hydrogens (primary N) is 3. The van der Waals surface area contributed by atoms with E-state index >= 15 is 0 Å². The van der Waals surface area contributed by atoms with Crippen LogP contribution in [0.2, 0.25) is 0 Å². The van der Waals surface area contributed by atoms with E-state index in [-0.39, 0.29) is 16.7 Å². The van der Waals surface area contributed by atoms with Crippen LogP contribution in [-0.4, -0.2) is 27.4 Å². The summed E-state index contributed by atoms with van der Waals surface area (Å²) in [4.78, 5) is 13.0. The number of sulfonamides is 1. The number of nitrogens with zero attached hydrogens (tertiary/aromatic N) is 1. The molecule has 1 fully saturated rings. The van der Waals surface area contributed by atoms with Gasteiger partial charge >= 0.3 is 0 Å². The third-order valence-electron chi connectivity index (χ3n) is 3.71. The van der Waals surface area contributed by atoms with Crippen molar-refractivity contribution in [3.05, 3.63) is 18.2 Å². The summed E-state index contributed by atoms with van der Waals surface area (Å²) in [7, 11) is -3.78. The Morgan fingerprint density at radius 2 is 1.86 bits per heavy atom. The number of amides is 1. The summed E-state index contributed by atoms with van der Waals surface area (Å²) in [5.74, 6) is 0.00596. The average molecular weight is 312 g/mol. The van der Waals surface area contributed by atoms with Crippen molar-refractivity contribution in [3.8, 4) is 0 Å². The van der Waals surface area contributed by atoms with Gasteiger partial charge < -0.3 is 16.4 Å². The number of carbonyl (C=O) groups is 1. The van der Waals surface area contributed by atoms with Crippen LogP contribution in [0.25, 0.3) is 0 Å². The molecule has 1 aromatic rings. The van der Waals surface area contributed by atoms with Crippen LogP contribution in [0.1, 0.15) is 19.3 Å². The number of carbonyl (C=O) groups excluding carboxylic acids is 1. The smallest absolute Gasteiger partial charge is 0.238 e. The lowest BCUT2D eigenvalue weighted by atomic mass is 9.93. The Bertz CT molecular complexity index is 637. The van der Waals surface area contributed by atoms with Crippen molar-refractivity contribution in [2.45, 2.75) is 24.2 Å². The summed E-state index contributed by atoms with van der Waals surface area (Å²) in [6.45, 7) is 1.46. The van der Waals surface area contributed by atoms with Crippen LogP contribution in [0.5, 0.6) is 0 Å². The van der Waals surface area contributed by atoms with Crippen molar-refractivity contribution in [1.82, 2.24) is 0 Å². The fourth-order valence-electron chi connectivity index (χ4n) is 2.63. The van der Waals surface area contributed by atoms with E-state index in [2.05, 4.69) is 0 Å². The van der Waals surface area contributed by atoms with Gasteiger partial charge in [-0.05, 0) is 37.0 Å². The van der Waals surface area contributed by atoms with Gasteiger partial charge in [0.25, 0.3) is 0 Å². The van der Waals surface area contributed by atoms with Crippen molar-refractivity contribution in [2.75, 3.05) is 23.7 Å². The van der Waals surface area contributed by atoms with Crippen LogP contribution in [0, 0.1) is 5.92 Å². The minimum Gasteiger partial charge on any atom is -0.399 e. The van der Waals surface area contributed by atoms with E-state index in [1.807, 2.05) is 4.90 Å². The van der Waals surface area contributed by atoms with E-state index in [0.29, 0.717) is 12.1 Å². The highest BCUT2D eigenvalue weighted by atomic mass is 32.2. The van der Waals surface area contributed by atoms with Crippen molar-refractivity contribution >= 4 is 27.3 Å². The number of nitrogen functional groups attached to an aromatic ring is 1. The van der Waals surface area contributed by atoms with Gasteiger partial charge in [-0.2, -0.15) is 0 Å². The number of primary sulfonamides is 1. The maximum absolute atomic E-state index is 11.4. The maximum Gasteiger partial charge on any atom is 0.238 e. The number of hydrogen-bond donors (Lipinski definition) is 3. The van der Waals surface area contributed by atoms with Gasteiger partial charge in [-0.15, -0.1) is 0 Å². The molecule has 6 N–H and O–H groups in total. The highest BCUT2D eigenvalue weighted by Crippen LogP contribution is 2.28. The summed E-state index contributed by atoms with van der Waals surface area (Å²) in [6.07, 6.45) is 2.07. The monoisotopic (exact) mass is 312 g/mol. The Hall–Kier alpha value is -1.80. The first-order valence-electron chi connectivity index (χ1n) is 6.72. The molecule has 0 aliphatic carbocycles. The quantitative estimate of drug-likeness (QED) is 0.673. The molecule has 0 spiro atoms. The largest absolute Gasteiger partial charge is 0.399 e. The molecule has 0 saturated carbocycles. The summed E-state index contributed by atoms with van der Waals surface area (Å²) in [6, 6.07) is 4.60. The van der Waals surface area contributed by atoms with Gasteiger partial charge in [0, 0.05) is 30.9 Å². The van der Waals surface area contributed by atoms with Gasteiger partial charge in [0.2, 0.25) is 15.9 Å². The van der Waals surface area contributed by atoms with E-state index in [0.717, 1.165) is 31.6 Å². The van der Waals surface area contributed by atoms with E-state index < -0.39 is 10.0 Å². The van der Waals surface area contributed by atoms with Crippen molar-refractivity contribution < 1.29 is 13.2 Å². The molecular weight excluding hydrogens is 292 g/mol. The van der Waals surface area contributed by atoms with Crippen LogP contribution in [0.3, 0.4) is 0 Å². The summed E-state index contributed by atoms with van der Waals surface area (Å²) in [5, 5.41) is 5.15. The molecule has 0 aromatic heterocycles. The van der Waals surface area contributed by atoms with Gasteiger partial charge in [-0.25, -0.2) is 13.6 Å². The van der Waals surface area contributed by atoms with Crippen LogP contribution in [0.15, 0.2) is 23.1 Å². The second-order valence-electron chi connectivity index (χ2n) is 5.41. The molecule has 2 rings (SSSR count). The number of piperidine rings is 1. The minimum atomic E-state index is -3.78. The Morgan fingerprint density at radius 3 is 2.38 bits per heavy atom. The molecule has 1 saturated heterocycles. The number of rotatable bonds is 4. The topological polar surface area (TPSA) is 133 Å². The molecule has 1 heterocycles. The lowest BCUT2D eigenvalue weighted by molar-refractivity contribution is -0.119. The van der Waals surface area contributed by atoms with Gasteiger partial charge in [0.1, 0.15) is 0 Å². The SMILES string of the molecule is NC(=O)CC1CCN(c2cc(N)cc(S(N)(=O)=O)c2)CC1. The van der Waals surface area contributed by atoms with Crippen LogP contribution in [0.4, 0.5) is 11.4 Å². The van der Waals surface area contributed by atoms with E-state index in [9.17, 15) is 13.2 Å². The first-order chi connectivity index (χ1) is 9.75. The molecule has 1 amide bonds. The molecule has 116 valence electrons. The van der Waals surface area contributed by atoms with Crippen molar-refractivity contribution in [3.63, 3.8) is 0 Å². The molecule has 0 radical (unpaired) electrons. The second kappa shape index (κ2) is 5.90. The van der Waals surface area contributed by atoms with Crippen LogP contribution < -0.4 is 21.5 Å². The van der Waals surface area contributed by atoms with Crippen molar-refractivity contribution in [1.29, 1.82) is 0 Å².